The van der Waals surface area contributed by atoms with Gasteiger partial charge >= 0.3 is 0 Å². The van der Waals surface area contributed by atoms with E-state index in [0.717, 1.165) is 42.3 Å². The molecule has 1 rings (SSSR count). The molecule has 0 atom stereocenters. The van der Waals surface area contributed by atoms with E-state index in [1.54, 1.807) is 7.11 Å². The molecule has 0 fully saturated rings. The van der Waals surface area contributed by atoms with Gasteiger partial charge in [-0.05, 0) is 50.2 Å². The van der Waals surface area contributed by atoms with Gasteiger partial charge in [-0.25, -0.2) is 0 Å². The Kier molecular flexibility index (Phi) is 6.56. The van der Waals surface area contributed by atoms with Gasteiger partial charge in [0.1, 0.15) is 5.75 Å². The number of benzene rings is 1. The summed E-state index contributed by atoms with van der Waals surface area (Å²) in [6, 6.07) is 7.84. The highest BCUT2D eigenvalue weighted by molar-refractivity contribution is 6.30. The van der Waals surface area contributed by atoms with Crippen LogP contribution < -0.4 is 4.74 Å². The summed E-state index contributed by atoms with van der Waals surface area (Å²) in [4.78, 5) is 2.22. The van der Waals surface area contributed by atoms with Crippen LogP contribution in [0.1, 0.15) is 18.4 Å². The van der Waals surface area contributed by atoms with Crippen LogP contribution in [-0.4, -0.2) is 32.1 Å². The van der Waals surface area contributed by atoms with Gasteiger partial charge in [-0.2, -0.15) is 5.26 Å². The lowest BCUT2D eigenvalue weighted by Crippen LogP contribution is -2.22. The van der Waals surface area contributed by atoms with E-state index < -0.39 is 0 Å². The van der Waals surface area contributed by atoms with Gasteiger partial charge in [-0.15, -0.1) is 0 Å². The quantitative estimate of drug-likeness (QED) is 0.712. The Labute approximate surface area is 114 Å². The molecule has 0 unspecified atom stereocenters. The Morgan fingerprint density at radius 2 is 2.17 bits per heavy atom. The van der Waals surface area contributed by atoms with Crippen molar-refractivity contribution in [3.8, 4) is 11.8 Å². The standard InChI is InChI=1S/C14H19ClN2O/c1-17(9-4-3-8-16)10-7-12-11-13(15)5-6-14(12)18-2/h5-6,11H,3-4,7,9-10H2,1-2H3. The van der Waals surface area contributed by atoms with Crippen LogP contribution in [0.4, 0.5) is 0 Å². The Bertz CT molecular complexity index is 415. The molecule has 1 aromatic rings. The Morgan fingerprint density at radius 1 is 1.39 bits per heavy atom. The monoisotopic (exact) mass is 266 g/mol. The number of nitriles is 1. The average molecular weight is 267 g/mol. The maximum Gasteiger partial charge on any atom is 0.122 e. The number of halogens is 1. The first kappa shape index (κ1) is 14.8. The zero-order valence-corrected chi connectivity index (χ0v) is 11.7. The second kappa shape index (κ2) is 7.97. The molecule has 0 N–H and O–H groups in total. The fourth-order valence-electron chi connectivity index (χ4n) is 1.79. The fourth-order valence-corrected chi connectivity index (χ4v) is 1.99. The molecule has 0 radical (unpaired) electrons. The van der Waals surface area contributed by atoms with Gasteiger partial charge in [0.15, 0.2) is 0 Å². The van der Waals surface area contributed by atoms with Crippen molar-refractivity contribution in [3.05, 3.63) is 28.8 Å². The Morgan fingerprint density at radius 3 is 2.83 bits per heavy atom. The van der Waals surface area contributed by atoms with Crippen molar-refractivity contribution in [2.24, 2.45) is 0 Å². The maximum atomic E-state index is 8.49. The summed E-state index contributed by atoms with van der Waals surface area (Å²) in [6.45, 7) is 1.87. The third-order valence-corrected chi connectivity index (χ3v) is 3.07. The average Bonchev–Trinajstić information content (AvgIpc) is 2.37. The lowest BCUT2D eigenvalue weighted by atomic mass is 10.1. The summed E-state index contributed by atoms with van der Waals surface area (Å²) < 4.78 is 5.31. The Balaban J connectivity index is 2.47. The van der Waals surface area contributed by atoms with Gasteiger partial charge in [0.25, 0.3) is 0 Å². The zero-order valence-electron chi connectivity index (χ0n) is 10.9. The van der Waals surface area contributed by atoms with Crippen LogP contribution >= 0.6 is 11.6 Å². The summed E-state index contributed by atoms with van der Waals surface area (Å²) in [5.41, 5.74) is 1.12. The largest absolute Gasteiger partial charge is 0.496 e. The molecule has 0 aliphatic heterocycles. The van der Waals surface area contributed by atoms with Crippen molar-refractivity contribution < 1.29 is 4.74 Å². The first-order chi connectivity index (χ1) is 8.67. The molecule has 0 amide bonds. The number of likely N-dealkylation sites (N-methyl/N-ethyl adjacent to an activating group) is 1. The molecule has 1 aromatic carbocycles. The summed E-state index contributed by atoms with van der Waals surface area (Å²) in [5.74, 6) is 0.879. The molecule has 98 valence electrons. The third-order valence-electron chi connectivity index (χ3n) is 2.83. The van der Waals surface area contributed by atoms with Crippen molar-refractivity contribution >= 4 is 11.6 Å². The molecule has 0 heterocycles. The van der Waals surface area contributed by atoms with Gasteiger partial charge in [0.05, 0.1) is 13.2 Å². The molecular weight excluding hydrogens is 248 g/mol. The molecular formula is C14H19ClN2O. The predicted octanol–water partition coefficient (Wildman–Crippen LogP) is 3.13. The first-order valence-electron chi connectivity index (χ1n) is 6.05. The first-order valence-corrected chi connectivity index (χ1v) is 6.43. The smallest absolute Gasteiger partial charge is 0.122 e. The molecule has 0 aromatic heterocycles. The number of unbranched alkanes of at least 4 members (excludes halogenated alkanes) is 1. The van der Waals surface area contributed by atoms with E-state index in [-0.39, 0.29) is 0 Å². The normalized spacial score (nSPS) is 10.4. The van der Waals surface area contributed by atoms with E-state index in [0.29, 0.717) is 6.42 Å². The minimum atomic E-state index is 0.616. The second-order valence-corrected chi connectivity index (χ2v) is 4.71. The van der Waals surface area contributed by atoms with Crippen LogP contribution in [0.15, 0.2) is 18.2 Å². The SMILES string of the molecule is COc1ccc(Cl)cc1CCN(C)CCCC#N. The summed E-state index contributed by atoms with van der Waals surface area (Å²) in [7, 11) is 3.73. The van der Waals surface area contributed by atoms with Crippen LogP contribution in [-0.2, 0) is 6.42 Å². The molecule has 18 heavy (non-hydrogen) atoms. The topological polar surface area (TPSA) is 36.3 Å². The summed E-state index contributed by atoms with van der Waals surface area (Å²) in [5, 5.41) is 9.22. The number of hydrogen-bond donors (Lipinski definition) is 0. The lowest BCUT2D eigenvalue weighted by Gasteiger charge is -2.16. The number of methoxy groups -OCH3 is 1. The van der Waals surface area contributed by atoms with Crippen LogP contribution in [0.25, 0.3) is 0 Å². The van der Waals surface area contributed by atoms with E-state index in [1.165, 1.54) is 0 Å². The van der Waals surface area contributed by atoms with Crippen molar-refractivity contribution in [1.82, 2.24) is 4.90 Å². The molecule has 3 nitrogen and oxygen atoms in total. The molecule has 0 saturated heterocycles. The number of nitrogens with zero attached hydrogens (tertiary/aromatic N) is 2. The minimum absolute atomic E-state index is 0.616. The third kappa shape index (κ3) is 4.95. The highest BCUT2D eigenvalue weighted by Gasteiger charge is 2.05. The van der Waals surface area contributed by atoms with E-state index in [9.17, 15) is 0 Å². The van der Waals surface area contributed by atoms with Crippen molar-refractivity contribution in [2.45, 2.75) is 19.3 Å². The van der Waals surface area contributed by atoms with Gasteiger partial charge < -0.3 is 9.64 Å². The number of rotatable bonds is 7. The number of hydrogen-bond acceptors (Lipinski definition) is 3. The van der Waals surface area contributed by atoms with Crippen molar-refractivity contribution in [3.63, 3.8) is 0 Å². The van der Waals surface area contributed by atoms with E-state index in [1.807, 2.05) is 18.2 Å². The molecule has 0 aliphatic carbocycles. The van der Waals surface area contributed by atoms with Gasteiger partial charge in [-0.1, -0.05) is 11.6 Å². The molecule has 0 bridgehead atoms. The maximum absolute atomic E-state index is 8.49. The molecule has 0 saturated carbocycles. The second-order valence-electron chi connectivity index (χ2n) is 4.27. The molecule has 0 spiro atoms. The van der Waals surface area contributed by atoms with Crippen molar-refractivity contribution in [1.29, 1.82) is 5.26 Å². The molecule has 0 aliphatic rings. The zero-order chi connectivity index (χ0) is 13.4. The van der Waals surface area contributed by atoms with Crippen LogP contribution in [0.2, 0.25) is 5.02 Å². The summed E-state index contributed by atoms with van der Waals surface area (Å²) in [6.07, 6.45) is 2.43. The lowest BCUT2D eigenvalue weighted by molar-refractivity contribution is 0.332. The highest BCUT2D eigenvalue weighted by Crippen LogP contribution is 2.23. The van der Waals surface area contributed by atoms with E-state index >= 15 is 0 Å². The fraction of sp³-hybridized carbons (Fsp3) is 0.500. The van der Waals surface area contributed by atoms with E-state index in [2.05, 4.69) is 18.0 Å². The van der Waals surface area contributed by atoms with Gasteiger partial charge in [0, 0.05) is 18.0 Å². The highest BCUT2D eigenvalue weighted by atomic mass is 35.5. The van der Waals surface area contributed by atoms with E-state index in [4.69, 9.17) is 21.6 Å². The number of ether oxygens (including phenoxy) is 1. The van der Waals surface area contributed by atoms with Crippen LogP contribution in [0.5, 0.6) is 5.75 Å². The van der Waals surface area contributed by atoms with Crippen LogP contribution in [0, 0.1) is 11.3 Å². The van der Waals surface area contributed by atoms with Crippen molar-refractivity contribution in [2.75, 3.05) is 27.2 Å². The Hall–Kier alpha value is -1.24. The van der Waals surface area contributed by atoms with Gasteiger partial charge in [0.2, 0.25) is 0 Å². The summed E-state index contributed by atoms with van der Waals surface area (Å²) >= 11 is 5.99. The minimum Gasteiger partial charge on any atom is -0.496 e. The molecule has 4 heteroatoms. The predicted molar refractivity (Wildman–Crippen MR) is 74.1 cm³/mol. The van der Waals surface area contributed by atoms with Crippen LogP contribution in [0.3, 0.4) is 0 Å². The van der Waals surface area contributed by atoms with Gasteiger partial charge in [-0.3, -0.25) is 0 Å².